The Balaban J connectivity index is 1.65. The zero-order valence-electron chi connectivity index (χ0n) is 19.6. The third-order valence-electron chi connectivity index (χ3n) is 5.77. The SMILES string of the molecule is CC(C)(C)OC(=O)N1CCC(NC(=O)[C@@H]2CC[C@H](O)CN2S(=O)c2ccccc2[N+](=O)[O-])CC1. The number of aliphatic hydroxyl groups excluding tert-OH is 1. The van der Waals surface area contributed by atoms with Crippen LogP contribution in [0.2, 0.25) is 0 Å². The Hall–Kier alpha value is -2.57. The fourth-order valence-electron chi connectivity index (χ4n) is 4.08. The standard InChI is InChI=1S/C22H32N4O7S/c1-22(2,3)33-21(29)24-12-10-15(11-13-24)23-20(28)18-9-8-16(27)14-25(18)34(32)19-7-5-4-6-17(19)26(30)31/h4-7,15-16,18,27H,8-14H2,1-3H3,(H,23,28)/t16-,18-,34?/m0/s1. The Morgan fingerprint density at radius 1 is 1.18 bits per heavy atom. The average Bonchev–Trinajstić information content (AvgIpc) is 2.77. The number of nitrogens with zero attached hydrogens (tertiary/aromatic N) is 3. The van der Waals surface area contributed by atoms with Crippen molar-refractivity contribution in [2.45, 2.75) is 75.1 Å². The minimum Gasteiger partial charge on any atom is -0.444 e. The largest absolute Gasteiger partial charge is 0.444 e. The van der Waals surface area contributed by atoms with Crippen molar-refractivity contribution >= 4 is 28.7 Å². The summed E-state index contributed by atoms with van der Waals surface area (Å²) < 4.78 is 20.0. The monoisotopic (exact) mass is 496 g/mol. The van der Waals surface area contributed by atoms with Gasteiger partial charge in [0, 0.05) is 31.7 Å². The quantitative estimate of drug-likeness (QED) is 0.469. The van der Waals surface area contributed by atoms with Gasteiger partial charge in [-0.2, -0.15) is 0 Å². The number of nitrogens with one attached hydrogen (secondary N) is 1. The molecule has 1 aromatic carbocycles. The van der Waals surface area contributed by atoms with Crippen LogP contribution in [-0.2, 0) is 20.5 Å². The van der Waals surface area contributed by atoms with Crippen molar-refractivity contribution in [1.82, 2.24) is 14.5 Å². The summed E-state index contributed by atoms with van der Waals surface area (Å²) in [6, 6.07) is 4.73. The second kappa shape index (κ2) is 10.8. The van der Waals surface area contributed by atoms with Gasteiger partial charge in [0.2, 0.25) is 5.91 Å². The van der Waals surface area contributed by atoms with Crippen LogP contribution >= 0.6 is 0 Å². The highest BCUT2D eigenvalue weighted by molar-refractivity contribution is 7.82. The minimum atomic E-state index is -2.00. The van der Waals surface area contributed by atoms with Crippen LogP contribution in [-0.4, -0.2) is 78.9 Å². The highest BCUT2D eigenvalue weighted by Crippen LogP contribution is 2.28. The van der Waals surface area contributed by atoms with Gasteiger partial charge in [-0.25, -0.2) is 13.3 Å². The predicted octanol–water partition coefficient (Wildman–Crippen LogP) is 1.96. The third kappa shape index (κ3) is 6.51. The van der Waals surface area contributed by atoms with E-state index in [1.807, 2.05) is 0 Å². The first kappa shape index (κ1) is 26.0. The molecule has 2 aliphatic rings. The second-order valence-electron chi connectivity index (χ2n) is 9.57. The maximum atomic E-state index is 13.3. The number of nitro groups is 1. The van der Waals surface area contributed by atoms with E-state index >= 15 is 0 Å². The number of benzene rings is 1. The molecule has 12 heteroatoms. The minimum absolute atomic E-state index is 0.00920. The van der Waals surface area contributed by atoms with Gasteiger partial charge >= 0.3 is 6.09 Å². The Bertz CT molecular complexity index is 943. The number of likely N-dealkylation sites (tertiary alicyclic amines) is 1. The van der Waals surface area contributed by atoms with Crippen LogP contribution in [0.3, 0.4) is 0 Å². The summed E-state index contributed by atoms with van der Waals surface area (Å²) in [7, 11) is -2.00. The summed E-state index contributed by atoms with van der Waals surface area (Å²) in [4.78, 5) is 37.8. The van der Waals surface area contributed by atoms with E-state index in [1.54, 1.807) is 31.7 Å². The summed E-state index contributed by atoms with van der Waals surface area (Å²) >= 11 is 0. The molecular formula is C22H32N4O7S. The van der Waals surface area contributed by atoms with Crippen LogP contribution in [0.1, 0.15) is 46.5 Å². The fourth-order valence-corrected chi connectivity index (χ4v) is 5.59. The van der Waals surface area contributed by atoms with E-state index in [0.29, 0.717) is 32.4 Å². The van der Waals surface area contributed by atoms with Crippen molar-refractivity contribution in [2.24, 2.45) is 0 Å². The summed E-state index contributed by atoms with van der Waals surface area (Å²) in [6.45, 7) is 6.26. The van der Waals surface area contributed by atoms with Gasteiger partial charge in [-0.05, 0) is 52.5 Å². The summed E-state index contributed by atoms with van der Waals surface area (Å²) in [5, 5.41) is 24.5. The molecule has 2 aliphatic heterocycles. The number of rotatable bonds is 5. The van der Waals surface area contributed by atoms with E-state index in [-0.39, 0.29) is 41.6 Å². The highest BCUT2D eigenvalue weighted by atomic mass is 32.2. The molecule has 0 aliphatic carbocycles. The number of β-amino-alcohol motifs (C(OH)–C–C–N with tert-alkyl or cyclic N) is 1. The Morgan fingerprint density at radius 3 is 2.44 bits per heavy atom. The molecule has 0 radical (unpaired) electrons. The Morgan fingerprint density at radius 2 is 1.82 bits per heavy atom. The molecule has 3 atom stereocenters. The first-order valence-electron chi connectivity index (χ1n) is 11.3. The molecule has 0 aromatic heterocycles. The smallest absolute Gasteiger partial charge is 0.410 e. The zero-order chi connectivity index (χ0) is 25.0. The molecule has 2 amide bonds. The van der Waals surface area contributed by atoms with Crippen LogP contribution < -0.4 is 5.32 Å². The van der Waals surface area contributed by atoms with E-state index in [4.69, 9.17) is 4.74 Å². The lowest BCUT2D eigenvalue weighted by molar-refractivity contribution is -0.387. The van der Waals surface area contributed by atoms with Gasteiger partial charge in [0.15, 0.2) is 0 Å². The fraction of sp³-hybridized carbons (Fsp3) is 0.636. The number of carbonyl (C=O) groups excluding carboxylic acids is 2. The zero-order valence-corrected chi connectivity index (χ0v) is 20.5. The lowest BCUT2D eigenvalue weighted by Gasteiger charge is -2.38. The van der Waals surface area contributed by atoms with Crippen molar-refractivity contribution in [1.29, 1.82) is 0 Å². The number of hydrogen-bond donors (Lipinski definition) is 2. The maximum Gasteiger partial charge on any atom is 0.410 e. The molecule has 1 aromatic rings. The first-order chi connectivity index (χ1) is 16.0. The van der Waals surface area contributed by atoms with Gasteiger partial charge in [-0.3, -0.25) is 14.9 Å². The van der Waals surface area contributed by atoms with E-state index in [2.05, 4.69) is 5.32 Å². The molecule has 0 saturated carbocycles. The number of hydrogen-bond acceptors (Lipinski definition) is 7. The van der Waals surface area contributed by atoms with E-state index in [0.717, 1.165) is 0 Å². The number of carbonyl (C=O) groups is 2. The van der Waals surface area contributed by atoms with Gasteiger partial charge in [0.25, 0.3) is 5.69 Å². The molecule has 11 nitrogen and oxygen atoms in total. The molecular weight excluding hydrogens is 464 g/mol. The molecule has 34 heavy (non-hydrogen) atoms. The van der Waals surface area contributed by atoms with Gasteiger partial charge in [0.05, 0.1) is 11.0 Å². The van der Waals surface area contributed by atoms with Crippen molar-refractivity contribution in [3.63, 3.8) is 0 Å². The van der Waals surface area contributed by atoms with Crippen LogP contribution in [0.5, 0.6) is 0 Å². The third-order valence-corrected chi connectivity index (χ3v) is 7.32. The molecule has 1 unspecified atom stereocenters. The van der Waals surface area contributed by atoms with Crippen LogP contribution in [0.25, 0.3) is 0 Å². The number of piperidine rings is 2. The van der Waals surface area contributed by atoms with E-state index in [1.165, 1.54) is 22.5 Å². The number of para-hydroxylation sites is 1. The molecule has 188 valence electrons. The number of amides is 2. The molecule has 3 rings (SSSR count). The predicted molar refractivity (Wildman–Crippen MR) is 124 cm³/mol. The van der Waals surface area contributed by atoms with Gasteiger partial charge in [-0.15, -0.1) is 0 Å². The summed E-state index contributed by atoms with van der Waals surface area (Å²) in [6.07, 6.45) is 0.564. The van der Waals surface area contributed by atoms with E-state index in [9.17, 15) is 29.0 Å². The van der Waals surface area contributed by atoms with Crippen molar-refractivity contribution in [3.8, 4) is 0 Å². The lowest BCUT2D eigenvalue weighted by atomic mass is 10.00. The first-order valence-corrected chi connectivity index (χ1v) is 12.4. The number of nitro benzene ring substituents is 1. The number of ether oxygens (including phenoxy) is 1. The Kier molecular flexibility index (Phi) is 8.26. The highest BCUT2D eigenvalue weighted by Gasteiger charge is 2.39. The van der Waals surface area contributed by atoms with Crippen LogP contribution in [0.4, 0.5) is 10.5 Å². The second-order valence-corrected chi connectivity index (χ2v) is 11.0. The Labute approximate surface area is 201 Å². The molecule has 0 spiro atoms. The molecule has 2 fully saturated rings. The van der Waals surface area contributed by atoms with Gasteiger partial charge in [0.1, 0.15) is 27.5 Å². The summed E-state index contributed by atoms with van der Waals surface area (Å²) in [5.41, 5.74) is -0.879. The van der Waals surface area contributed by atoms with Crippen molar-refractivity contribution < 1.29 is 28.6 Å². The van der Waals surface area contributed by atoms with Crippen LogP contribution in [0.15, 0.2) is 29.2 Å². The van der Waals surface area contributed by atoms with Crippen LogP contribution in [0, 0.1) is 10.1 Å². The van der Waals surface area contributed by atoms with E-state index < -0.39 is 33.7 Å². The normalized spacial score (nSPS) is 23.2. The number of aliphatic hydroxyl groups is 1. The van der Waals surface area contributed by atoms with Gasteiger partial charge in [-0.1, -0.05) is 12.1 Å². The lowest BCUT2D eigenvalue weighted by Crippen LogP contribution is -2.56. The van der Waals surface area contributed by atoms with Gasteiger partial charge < -0.3 is 20.1 Å². The summed E-state index contributed by atoms with van der Waals surface area (Å²) in [5.74, 6) is -0.338. The topological polar surface area (TPSA) is 142 Å². The molecule has 2 N–H and O–H groups in total. The molecule has 2 saturated heterocycles. The van der Waals surface area contributed by atoms with Crippen molar-refractivity contribution in [3.05, 3.63) is 34.4 Å². The molecule has 0 bridgehead atoms. The van der Waals surface area contributed by atoms with Crippen molar-refractivity contribution in [2.75, 3.05) is 19.6 Å². The maximum absolute atomic E-state index is 13.3. The average molecular weight is 497 g/mol. The molecule has 2 heterocycles.